The molecule has 0 amide bonds. The first-order valence-electron chi connectivity index (χ1n) is 10.5. The number of aromatic amines is 1. The van der Waals surface area contributed by atoms with Crippen LogP contribution in [0, 0.1) is 0 Å². The van der Waals surface area contributed by atoms with Gasteiger partial charge in [-0.1, -0.05) is 12.1 Å². The Morgan fingerprint density at radius 2 is 1.83 bits per heavy atom. The predicted molar refractivity (Wildman–Crippen MR) is 118 cm³/mol. The van der Waals surface area contributed by atoms with E-state index >= 15 is 0 Å². The molecule has 30 heavy (non-hydrogen) atoms. The zero-order valence-electron chi connectivity index (χ0n) is 17.6. The maximum absolute atomic E-state index is 10.5. The highest BCUT2D eigenvalue weighted by atomic mass is 16.5. The second-order valence-corrected chi connectivity index (χ2v) is 7.85. The Balaban J connectivity index is 1.27. The molecule has 1 aliphatic rings. The first kappa shape index (κ1) is 20.6. The van der Waals surface area contributed by atoms with Gasteiger partial charge in [-0.05, 0) is 67.7 Å². The smallest absolute Gasteiger partial charge is 0.160 e. The summed E-state index contributed by atoms with van der Waals surface area (Å²) in [6, 6.07) is 14.1. The molecule has 1 fully saturated rings. The summed E-state index contributed by atoms with van der Waals surface area (Å²) in [5.41, 5.74) is 2.33. The molecule has 2 N–H and O–H groups in total. The van der Waals surface area contributed by atoms with Gasteiger partial charge in [-0.15, -0.1) is 0 Å². The van der Waals surface area contributed by atoms with Crippen molar-refractivity contribution < 1.29 is 19.3 Å². The first-order chi connectivity index (χ1) is 14.7. The van der Waals surface area contributed by atoms with Crippen LogP contribution in [-0.2, 0) is 0 Å². The fourth-order valence-electron chi connectivity index (χ4n) is 4.27. The van der Waals surface area contributed by atoms with Gasteiger partial charge in [-0.3, -0.25) is 0 Å². The van der Waals surface area contributed by atoms with Crippen LogP contribution in [0.1, 0.15) is 24.3 Å². The van der Waals surface area contributed by atoms with Crippen LogP contribution in [0.3, 0.4) is 0 Å². The van der Waals surface area contributed by atoms with E-state index in [1.54, 1.807) is 14.2 Å². The van der Waals surface area contributed by atoms with E-state index in [1.807, 2.05) is 36.5 Å². The van der Waals surface area contributed by atoms with Crippen molar-refractivity contribution >= 4 is 10.9 Å². The van der Waals surface area contributed by atoms with Crippen LogP contribution in [0.5, 0.6) is 17.2 Å². The topological polar surface area (TPSA) is 67.0 Å². The molecule has 1 saturated heterocycles. The van der Waals surface area contributed by atoms with Gasteiger partial charge in [0.15, 0.2) is 11.5 Å². The highest BCUT2D eigenvalue weighted by molar-refractivity contribution is 5.85. The van der Waals surface area contributed by atoms with Crippen LogP contribution in [0.25, 0.3) is 10.9 Å². The highest BCUT2D eigenvalue weighted by Crippen LogP contribution is 2.34. The fraction of sp³-hybridized carbons (Fsp3) is 0.417. The number of piperidine rings is 1. The summed E-state index contributed by atoms with van der Waals surface area (Å²) in [7, 11) is 3.33. The molecule has 2 heterocycles. The van der Waals surface area contributed by atoms with E-state index in [-0.39, 0.29) is 0 Å². The molecule has 1 aromatic heterocycles. The Bertz CT molecular complexity index is 963. The number of aliphatic hydroxyl groups is 1. The van der Waals surface area contributed by atoms with E-state index in [2.05, 4.69) is 22.0 Å². The van der Waals surface area contributed by atoms with E-state index in [1.165, 1.54) is 5.56 Å². The van der Waals surface area contributed by atoms with Gasteiger partial charge in [0, 0.05) is 23.6 Å². The molecular formula is C24H30N2O4. The van der Waals surface area contributed by atoms with Crippen LogP contribution >= 0.6 is 0 Å². The molecule has 6 heteroatoms. The van der Waals surface area contributed by atoms with Crippen molar-refractivity contribution in [2.75, 3.05) is 40.5 Å². The summed E-state index contributed by atoms with van der Waals surface area (Å²) >= 11 is 0. The number of benzene rings is 2. The van der Waals surface area contributed by atoms with Crippen LogP contribution < -0.4 is 14.2 Å². The number of likely N-dealkylation sites (tertiary alicyclic amines) is 1. The third-order valence-corrected chi connectivity index (χ3v) is 5.92. The van der Waals surface area contributed by atoms with Crippen LogP contribution in [0.15, 0.2) is 48.7 Å². The Morgan fingerprint density at radius 3 is 2.60 bits per heavy atom. The standard InChI is InChI=1S/C24H30N2O4/c1-28-23-7-6-18(14-24(23)29-2)17-9-12-26(13-10-17)15-19(27)16-30-22-5-3-4-21-20(22)8-11-25-21/h3-8,11,14,17,19,25,27H,9-10,12-13,15-16H2,1-2H3/t19-/m0/s1. The zero-order chi connectivity index (χ0) is 20.9. The van der Waals surface area contributed by atoms with Gasteiger partial charge >= 0.3 is 0 Å². The molecule has 0 spiro atoms. The Morgan fingerprint density at radius 1 is 1.03 bits per heavy atom. The minimum Gasteiger partial charge on any atom is -0.493 e. The molecule has 1 aliphatic heterocycles. The number of rotatable bonds is 8. The first-order valence-corrected chi connectivity index (χ1v) is 10.5. The van der Waals surface area contributed by atoms with Crippen molar-refractivity contribution in [2.24, 2.45) is 0 Å². The lowest BCUT2D eigenvalue weighted by Crippen LogP contribution is -2.40. The number of fused-ring (bicyclic) bond motifs is 1. The van der Waals surface area contributed by atoms with Gasteiger partial charge in [0.25, 0.3) is 0 Å². The third kappa shape index (κ3) is 4.55. The molecule has 4 rings (SSSR count). The third-order valence-electron chi connectivity index (χ3n) is 5.92. The molecule has 3 aromatic rings. The monoisotopic (exact) mass is 410 g/mol. The van der Waals surface area contributed by atoms with Gasteiger partial charge in [-0.25, -0.2) is 0 Å². The van der Waals surface area contributed by atoms with Gasteiger partial charge in [-0.2, -0.15) is 0 Å². The molecule has 0 radical (unpaired) electrons. The molecule has 6 nitrogen and oxygen atoms in total. The summed E-state index contributed by atoms with van der Waals surface area (Å²) in [5, 5.41) is 11.5. The second kappa shape index (κ2) is 9.41. The maximum atomic E-state index is 10.5. The number of β-amino-alcohol motifs (C(OH)–C–C–N with tert-alkyl or cyclic N) is 1. The van der Waals surface area contributed by atoms with Crippen molar-refractivity contribution in [3.63, 3.8) is 0 Å². The van der Waals surface area contributed by atoms with Crippen LogP contribution in [-0.4, -0.2) is 61.6 Å². The molecule has 0 saturated carbocycles. The van der Waals surface area contributed by atoms with Crippen LogP contribution in [0.4, 0.5) is 0 Å². The number of aromatic nitrogens is 1. The van der Waals surface area contributed by atoms with E-state index in [9.17, 15) is 5.11 Å². The molecule has 2 aromatic carbocycles. The zero-order valence-corrected chi connectivity index (χ0v) is 17.6. The fourth-order valence-corrected chi connectivity index (χ4v) is 4.27. The number of aliphatic hydroxyl groups excluding tert-OH is 1. The SMILES string of the molecule is COc1ccc(C2CCN(C[C@H](O)COc3cccc4[nH]ccc34)CC2)cc1OC. The number of nitrogens with zero attached hydrogens (tertiary/aromatic N) is 1. The van der Waals surface area contributed by atoms with E-state index < -0.39 is 6.10 Å². The van der Waals surface area contributed by atoms with E-state index in [0.29, 0.717) is 19.1 Å². The van der Waals surface area contributed by atoms with Crippen molar-refractivity contribution in [3.8, 4) is 17.2 Å². The lowest BCUT2D eigenvalue weighted by atomic mass is 9.89. The maximum Gasteiger partial charge on any atom is 0.160 e. The lowest BCUT2D eigenvalue weighted by Gasteiger charge is -2.33. The summed E-state index contributed by atoms with van der Waals surface area (Å²) in [6.45, 7) is 2.84. The summed E-state index contributed by atoms with van der Waals surface area (Å²) in [4.78, 5) is 5.50. The number of hydrogen-bond donors (Lipinski definition) is 2. The quantitative estimate of drug-likeness (QED) is 0.591. The summed E-state index contributed by atoms with van der Waals surface area (Å²) < 4.78 is 16.7. The largest absolute Gasteiger partial charge is 0.493 e. The lowest BCUT2D eigenvalue weighted by molar-refractivity contribution is 0.0599. The van der Waals surface area contributed by atoms with E-state index in [4.69, 9.17) is 14.2 Å². The minimum atomic E-state index is -0.517. The number of methoxy groups -OCH3 is 2. The minimum absolute atomic E-state index is 0.292. The normalized spacial score (nSPS) is 16.5. The molecule has 0 unspecified atom stereocenters. The summed E-state index contributed by atoms with van der Waals surface area (Å²) in [5.74, 6) is 2.85. The molecule has 160 valence electrons. The molecule has 0 aliphatic carbocycles. The van der Waals surface area contributed by atoms with Gasteiger partial charge in [0.2, 0.25) is 0 Å². The van der Waals surface area contributed by atoms with Gasteiger partial charge in [0.05, 0.1) is 14.2 Å². The van der Waals surface area contributed by atoms with Gasteiger partial charge in [0.1, 0.15) is 18.5 Å². The van der Waals surface area contributed by atoms with Crippen molar-refractivity contribution in [3.05, 3.63) is 54.2 Å². The Hall–Kier alpha value is -2.70. The molecule has 1 atom stereocenters. The second-order valence-electron chi connectivity index (χ2n) is 7.85. The number of ether oxygens (including phenoxy) is 3. The number of nitrogens with one attached hydrogen (secondary N) is 1. The van der Waals surface area contributed by atoms with Crippen molar-refractivity contribution in [1.29, 1.82) is 0 Å². The van der Waals surface area contributed by atoms with Crippen LogP contribution in [0.2, 0.25) is 0 Å². The van der Waals surface area contributed by atoms with Gasteiger partial charge < -0.3 is 29.2 Å². The number of H-pyrrole nitrogens is 1. The molecule has 0 bridgehead atoms. The Labute approximate surface area is 177 Å². The van der Waals surface area contributed by atoms with Crippen molar-refractivity contribution in [2.45, 2.75) is 24.9 Å². The predicted octanol–water partition coefficient (Wildman–Crippen LogP) is 3.80. The average molecular weight is 411 g/mol. The van der Waals surface area contributed by atoms with Crippen molar-refractivity contribution in [1.82, 2.24) is 9.88 Å². The Kier molecular flexibility index (Phi) is 6.45. The summed E-state index contributed by atoms with van der Waals surface area (Å²) in [6.07, 6.45) is 3.50. The highest BCUT2D eigenvalue weighted by Gasteiger charge is 2.23. The van der Waals surface area contributed by atoms with E-state index in [0.717, 1.165) is 54.1 Å². The average Bonchev–Trinajstić information content (AvgIpc) is 3.27. The molecular weight excluding hydrogens is 380 g/mol. The number of hydrogen-bond acceptors (Lipinski definition) is 5.